The molecule has 0 bridgehead atoms. The zero-order valence-electron chi connectivity index (χ0n) is 13.9. The Hall–Kier alpha value is -3.08. The molecule has 0 spiro atoms. The van der Waals surface area contributed by atoms with Crippen molar-refractivity contribution in [3.8, 4) is 11.5 Å². The summed E-state index contributed by atoms with van der Waals surface area (Å²) in [6.45, 7) is 2.65. The van der Waals surface area contributed by atoms with Crippen LogP contribution in [0.15, 0.2) is 54.1 Å². The quantitative estimate of drug-likeness (QED) is 0.669. The average Bonchev–Trinajstić information content (AvgIpc) is 2.89. The van der Waals surface area contributed by atoms with Gasteiger partial charge in [-0.2, -0.15) is 0 Å². The summed E-state index contributed by atoms with van der Waals surface area (Å²) in [5.41, 5.74) is 1.73. The molecule has 128 valence electrons. The minimum Gasteiger partial charge on any atom is -0.508 e. The van der Waals surface area contributed by atoms with Gasteiger partial charge in [-0.05, 0) is 54.5 Å². The lowest BCUT2D eigenvalue weighted by molar-refractivity contribution is -0.120. The van der Waals surface area contributed by atoms with E-state index in [0.717, 1.165) is 12.0 Å². The number of carbonyl (C=O) groups is 2. The molecule has 5 heteroatoms. The molecule has 0 radical (unpaired) electrons. The Labute approximate surface area is 146 Å². The van der Waals surface area contributed by atoms with E-state index in [1.165, 1.54) is 4.90 Å². The number of phenols is 1. The van der Waals surface area contributed by atoms with Crippen LogP contribution in [0.2, 0.25) is 0 Å². The first-order valence-corrected chi connectivity index (χ1v) is 8.18. The summed E-state index contributed by atoms with van der Waals surface area (Å²) in [6, 6.07) is 13.4. The third kappa shape index (κ3) is 3.71. The molecule has 1 fully saturated rings. The number of ether oxygens (including phenoxy) is 1. The van der Waals surface area contributed by atoms with Gasteiger partial charge in [0.2, 0.25) is 5.91 Å². The first-order valence-electron chi connectivity index (χ1n) is 8.18. The molecule has 25 heavy (non-hydrogen) atoms. The van der Waals surface area contributed by atoms with Crippen LogP contribution in [0.5, 0.6) is 11.5 Å². The summed E-state index contributed by atoms with van der Waals surface area (Å²) in [5, 5.41) is 9.32. The molecular formula is C20H19NO4. The average molecular weight is 337 g/mol. The fourth-order valence-corrected chi connectivity index (χ4v) is 2.63. The van der Waals surface area contributed by atoms with E-state index in [1.807, 2.05) is 6.92 Å². The number of imide groups is 1. The molecule has 1 heterocycles. The number of nitrogens with zero attached hydrogens (tertiary/aromatic N) is 1. The second-order valence-corrected chi connectivity index (χ2v) is 5.81. The molecule has 2 aromatic carbocycles. The highest BCUT2D eigenvalue weighted by atomic mass is 16.5. The summed E-state index contributed by atoms with van der Waals surface area (Å²) < 4.78 is 5.52. The van der Waals surface area contributed by atoms with Crippen molar-refractivity contribution in [3.05, 3.63) is 59.7 Å². The molecule has 0 aromatic heterocycles. The van der Waals surface area contributed by atoms with Gasteiger partial charge in [-0.1, -0.05) is 19.1 Å². The molecule has 2 amide bonds. The van der Waals surface area contributed by atoms with Crippen LogP contribution in [0.4, 0.5) is 5.69 Å². The molecule has 1 N–H and O–H groups in total. The molecule has 2 aromatic rings. The van der Waals surface area contributed by atoms with Crippen molar-refractivity contribution in [1.29, 1.82) is 0 Å². The number of phenolic OH excluding ortho intramolecular Hbond substituents is 1. The Morgan fingerprint density at radius 2 is 1.76 bits per heavy atom. The standard InChI is InChI=1S/C20H19NO4/c1-2-11-25-18-9-5-16(6-10-18)21-19(23)13-15(20(21)24)12-14-3-7-17(22)8-4-14/h3-10,12,22H,2,11,13H2,1H3. The van der Waals surface area contributed by atoms with Gasteiger partial charge in [0.15, 0.2) is 0 Å². The molecule has 0 unspecified atom stereocenters. The van der Waals surface area contributed by atoms with Gasteiger partial charge in [0, 0.05) is 5.57 Å². The van der Waals surface area contributed by atoms with Gasteiger partial charge in [0.25, 0.3) is 5.91 Å². The number of benzene rings is 2. The van der Waals surface area contributed by atoms with E-state index in [-0.39, 0.29) is 24.0 Å². The molecule has 3 rings (SSSR count). The molecule has 0 aliphatic carbocycles. The van der Waals surface area contributed by atoms with E-state index in [0.29, 0.717) is 23.6 Å². The normalized spacial score (nSPS) is 15.9. The second kappa shape index (κ2) is 7.21. The van der Waals surface area contributed by atoms with Crippen molar-refractivity contribution in [3.63, 3.8) is 0 Å². The van der Waals surface area contributed by atoms with Gasteiger partial charge >= 0.3 is 0 Å². The molecule has 1 aliphatic rings. The highest BCUT2D eigenvalue weighted by Gasteiger charge is 2.34. The smallest absolute Gasteiger partial charge is 0.261 e. The molecule has 5 nitrogen and oxygen atoms in total. The summed E-state index contributed by atoms with van der Waals surface area (Å²) in [7, 11) is 0. The Kier molecular flexibility index (Phi) is 4.84. The maximum Gasteiger partial charge on any atom is 0.261 e. The number of amides is 2. The van der Waals surface area contributed by atoms with E-state index < -0.39 is 0 Å². The van der Waals surface area contributed by atoms with Crippen LogP contribution >= 0.6 is 0 Å². The van der Waals surface area contributed by atoms with Gasteiger partial charge in [-0.25, -0.2) is 4.90 Å². The van der Waals surface area contributed by atoms with E-state index >= 15 is 0 Å². The third-order valence-corrected chi connectivity index (χ3v) is 3.87. The van der Waals surface area contributed by atoms with Crippen LogP contribution in [0, 0.1) is 0 Å². The van der Waals surface area contributed by atoms with Crippen LogP contribution in [0.25, 0.3) is 6.08 Å². The highest BCUT2D eigenvalue weighted by Crippen LogP contribution is 2.29. The lowest BCUT2D eigenvalue weighted by Gasteiger charge is -2.14. The molecular weight excluding hydrogens is 318 g/mol. The van der Waals surface area contributed by atoms with Crippen LogP contribution in [0.3, 0.4) is 0 Å². The molecule has 0 atom stereocenters. The summed E-state index contributed by atoms with van der Waals surface area (Å²) in [6.07, 6.45) is 2.66. The molecule has 1 saturated heterocycles. The van der Waals surface area contributed by atoms with Crippen molar-refractivity contribution in [2.24, 2.45) is 0 Å². The number of anilines is 1. The maximum absolute atomic E-state index is 12.6. The fourth-order valence-electron chi connectivity index (χ4n) is 2.63. The van der Waals surface area contributed by atoms with Gasteiger partial charge in [-0.15, -0.1) is 0 Å². The zero-order valence-corrected chi connectivity index (χ0v) is 13.9. The van der Waals surface area contributed by atoms with E-state index in [2.05, 4.69) is 0 Å². The largest absolute Gasteiger partial charge is 0.508 e. The van der Waals surface area contributed by atoms with E-state index in [9.17, 15) is 14.7 Å². The lowest BCUT2D eigenvalue weighted by atomic mass is 10.1. The Bertz CT molecular complexity index is 807. The van der Waals surface area contributed by atoms with E-state index in [4.69, 9.17) is 4.74 Å². The van der Waals surface area contributed by atoms with Crippen molar-refractivity contribution in [2.75, 3.05) is 11.5 Å². The SMILES string of the molecule is CCCOc1ccc(N2C(=O)CC(=Cc3ccc(O)cc3)C2=O)cc1. The van der Waals surface area contributed by atoms with Gasteiger partial charge in [-0.3, -0.25) is 9.59 Å². The topological polar surface area (TPSA) is 66.8 Å². The van der Waals surface area contributed by atoms with Crippen molar-refractivity contribution in [1.82, 2.24) is 0 Å². The van der Waals surface area contributed by atoms with Crippen LogP contribution in [-0.4, -0.2) is 23.5 Å². The van der Waals surface area contributed by atoms with Crippen molar-refractivity contribution >= 4 is 23.6 Å². The predicted molar refractivity (Wildman–Crippen MR) is 95.4 cm³/mol. The summed E-state index contributed by atoms with van der Waals surface area (Å²) >= 11 is 0. The second-order valence-electron chi connectivity index (χ2n) is 5.81. The first kappa shape index (κ1) is 16.8. The lowest BCUT2D eigenvalue weighted by Crippen LogP contribution is -2.28. The number of aromatic hydroxyl groups is 1. The monoisotopic (exact) mass is 337 g/mol. The minimum atomic E-state index is -0.319. The maximum atomic E-state index is 12.6. The predicted octanol–water partition coefficient (Wildman–Crippen LogP) is 3.53. The minimum absolute atomic E-state index is 0.0633. The van der Waals surface area contributed by atoms with E-state index in [1.54, 1.807) is 54.6 Å². The Morgan fingerprint density at radius 1 is 1.08 bits per heavy atom. The highest BCUT2D eigenvalue weighted by molar-refractivity contribution is 6.29. The van der Waals surface area contributed by atoms with Crippen LogP contribution in [0.1, 0.15) is 25.3 Å². The number of hydrogen-bond acceptors (Lipinski definition) is 4. The molecule has 1 aliphatic heterocycles. The fraction of sp³-hybridized carbons (Fsp3) is 0.200. The van der Waals surface area contributed by atoms with Gasteiger partial charge in [0.1, 0.15) is 11.5 Å². The number of carbonyl (C=O) groups excluding carboxylic acids is 2. The number of hydrogen-bond donors (Lipinski definition) is 1. The summed E-state index contributed by atoms with van der Waals surface area (Å²) in [5.74, 6) is 0.296. The first-order chi connectivity index (χ1) is 12.1. The van der Waals surface area contributed by atoms with Crippen LogP contribution < -0.4 is 9.64 Å². The van der Waals surface area contributed by atoms with Crippen molar-refractivity contribution < 1.29 is 19.4 Å². The zero-order chi connectivity index (χ0) is 17.8. The van der Waals surface area contributed by atoms with Gasteiger partial charge < -0.3 is 9.84 Å². The third-order valence-electron chi connectivity index (χ3n) is 3.87. The van der Waals surface area contributed by atoms with Crippen molar-refractivity contribution in [2.45, 2.75) is 19.8 Å². The summed E-state index contributed by atoms with van der Waals surface area (Å²) in [4.78, 5) is 26.1. The Morgan fingerprint density at radius 3 is 2.40 bits per heavy atom. The van der Waals surface area contributed by atoms with Gasteiger partial charge in [0.05, 0.1) is 18.7 Å². The number of rotatable bonds is 5. The Balaban J connectivity index is 1.80. The molecule has 0 saturated carbocycles. The van der Waals surface area contributed by atoms with Crippen LogP contribution in [-0.2, 0) is 9.59 Å².